The van der Waals surface area contributed by atoms with Crippen molar-refractivity contribution in [2.75, 3.05) is 7.11 Å². The molecular formula is C31H29FN2O3S. The molecule has 0 atom stereocenters. The van der Waals surface area contributed by atoms with Gasteiger partial charge < -0.3 is 14.3 Å². The van der Waals surface area contributed by atoms with Crippen LogP contribution < -0.4 is 10.3 Å². The number of aromatic nitrogens is 1. The van der Waals surface area contributed by atoms with Crippen LogP contribution in [0.2, 0.25) is 0 Å². The summed E-state index contributed by atoms with van der Waals surface area (Å²) in [5.41, 5.74) is 4.86. The fourth-order valence-electron chi connectivity index (χ4n) is 4.31. The van der Waals surface area contributed by atoms with E-state index in [9.17, 15) is 9.50 Å². The van der Waals surface area contributed by atoms with Gasteiger partial charge in [-0.05, 0) is 79.1 Å². The van der Waals surface area contributed by atoms with Gasteiger partial charge in [-0.3, -0.25) is 0 Å². The second kappa shape index (κ2) is 11.6. The van der Waals surface area contributed by atoms with E-state index in [0.29, 0.717) is 16.8 Å². The Bertz CT molecular complexity index is 1610. The van der Waals surface area contributed by atoms with Crippen LogP contribution in [0.15, 0.2) is 81.5 Å². The quantitative estimate of drug-likeness (QED) is 0.195. The molecule has 1 N–H and O–H groups in total. The molecule has 0 amide bonds. The molecule has 0 bridgehead atoms. The van der Waals surface area contributed by atoms with E-state index in [1.807, 2.05) is 41.8 Å². The third kappa shape index (κ3) is 5.78. The van der Waals surface area contributed by atoms with Crippen molar-refractivity contribution in [3.8, 4) is 33.3 Å². The second-order valence-corrected chi connectivity index (χ2v) is 10.0. The Labute approximate surface area is 224 Å². The van der Waals surface area contributed by atoms with Gasteiger partial charge in [-0.1, -0.05) is 26.2 Å². The molecule has 0 radical (unpaired) electrons. The molecule has 0 aliphatic heterocycles. The molecule has 0 aliphatic rings. The molecule has 7 heteroatoms. The summed E-state index contributed by atoms with van der Waals surface area (Å²) < 4.78 is 25.0. The Hall–Kier alpha value is -3.97. The number of methoxy groups -OCH3 is 1. The maximum absolute atomic E-state index is 13.5. The fraction of sp³-hybridized carbons (Fsp3) is 0.226. The highest BCUT2D eigenvalue weighted by molar-refractivity contribution is 7.13. The lowest BCUT2D eigenvalue weighted by molar-refractivity contribution is 0.415. The highest BCUT2D eigenvalue weighted by Crippen LogP contribution is 2.32. The van der Waals surface area contributed by atoms with Crippen LogP contribution in [-0.4, -0.2) is 17.2 Å². The van der Waals surface area contributed by atoms with E-state index in [-0.39, 0.29) is 11.6 Å². The molecular weight excluding hydrogens is 499 g/mol. The Morgan fingerprint density at radius 1 is 1.00 bits per heavy atom. The third-order valence-corrected chi connectivity index (χ3v) is 7.30. The van der Waals surface area contributed by atoms with Gasteiger partial charge in [-0.2, -0.15) is 0 Å². The Morgan fingerprint density at radius 2 is 1.79 bits per heavy atom. The standard InChI is InChI=1S/C31H29FN2O3S/c1-3-4-5-6-7-21-16-22-17-26(31-34-27(19-38-31)20-8-14-25(36-2)15-9-20)30(37-29(22)18-28(21)35)33-24-12-10-23(32)11-13-24/h8-19,35H,3-7H2,1-2H3. The molecule has 0 saturated carbocycles. The summed E-state index contributed by atoms with van der Waals surface area (Å²) in [5, 5.41) is 14.3. The van der Waals surface area contributed by atoms with Crippen molar-refractivity contribution >= 4 is 28.0 Å². The van der Waals surface area contributed by atoms with Crippen LogP contribution in [0.1, 0.15) is 38.2 Å². The van der Waals surface area contributed by atoms with Gasteiger partial charge in [0.15, 0.2) is 0 Å². The largest absolute Gasteiger partial charge is 0.508 e. The average molecular weight is 529 g/mol. The lowest BCUT2D eigenvalue weighted by Gasteiger charge is -2.08. The number of fused-ring (bicyclic) bond motifs is 1. The van der Waals surface area contributed by atoms with Gasteiger partial charge >= 0.3 is 0 Å². The molecule has 5 nitrogen and oxygen atoms in total. The molecule has 38 heavy (non-hydrogen) atoms. The molecule has 194 valence electrons. The zero-order valence-electron chi connectivity index (χ0n) is 21.4. The average Bonchev–Trinajstić information content (AvgIpc) is 3.42. The summed E-state index contributed by atoms with van der Waals surface area (Å²) in [4.78, 5) is 9.56. The zero-order chi connectivity index (χ0) is 26.5. The summed E-state index contributed by atoms with van der Waals surface area (Å²) in [6.07, 6.45) is 5.30. The monoisotopic (exact) mass is 528 g/mol. The predicted molar refractivity (Wildman–Crippen MR) is 150 cm³/mol. The van der Waals surface area contributed by atoms with Crippen LogP contribution in [0.3, 0.4) is 0 Å². The molecule has 5 rings (SSSR count). The fourth-order valence-corrected chi connectivity index (χ4v) is 5.15. The number of ether oxygens (including phenoxy) is 1. The molecule has 3 aromatic carbocycles. The number of aryl methyl sites for hydroxylation is 1. The van der Waals surface area contributed by atoms with Crippen molar-refractivity contribution in [3.63, 3.8) is 0 Å². The van der Waals surface area contributed by atoms with Gasteiger partial charge in [0.25, 0.3) is 0 Å². The number of phenols is 1. The maximum atomic E-state index is 13.5. The Balaban J connectivity index is 1.60. The minimum absolute atomic E-state index is 0.217. The van der Waals surface area contributed by atoms with Crippen LogP contribution in [0.25, 0.3) is 32.8 Å². The van der Waals surface area contributed by atoms with Crippen molar-refractivity contribution in [2.24, 2.45) is 4.99 Å². The summed E-state index contributed by atoms with van der Waals surface area (Å²) in [6, 6.07) is 19.3. The van der Waals surface area contributed by atoms with E-state index in [4.69, 9.17) is 14.1 Å². The maximum Gasteiger partial charge on any atom is 0.230 e. The molecule has 2 heterocycles. The number of unbranched alkanes of at least 4 members (excludes halogenated alkanes) is 3. The first kappa shape index (κ1) is 25.7. The van der Waals surface area contributed by atoms with E-state index in [1.54, 1.807) is 25.3 Å². The van der Waals surface area contributed by atoms with E-state index in [1.165, 1.54) is 36.3 Å². The van der Waals surface area contributed by atoms with Crippen LogP contribution >= 0.6 is 11.3 Å². The SMILES string of the molecule is CCCCCCc1cc2cc(-c3nc(-c4ccc(OC)cc4)cs3)c(=Nc3ccc(F)cc3)oc2cc1O. The topological polar surface area (TPSA) is 67.9 Å². The van der Waals surface area contributed by atoms with Crippen LogP contribution in [0.5, 0.6) is 11.5 Å². The normalized spacial score (nSPS) is 11.8. The Morgan fingerprint density at radius 3 is 2.53 bits per heavy atom. The van der Waals surface area contributed by atoms with Crippen LogP contribution in [-0.2, 0) is 6.42 Å². The number of aromatic hydroxyl groups is 1. The van der Waals surface area contributed by atoms with E-state index in [0.717, 1.165) is 57.8 Å². The number of phenolic OH excluding ortho intramolecular Hbond substituents is 1. The van der Waals surface area contributed by atoms with Crippen molar-refractivity contribution < 1.29 is 18.7 Å². The molecule has 0 unspecified atom stereocenters. The van der Waals surface area contributed by atoms with Crippen LogP contribution in [0, 0.1) is 5.82 Å². The Kier molecular flexibility index (Phi) is 7.84. The van der Waals surface area contributed by atoms with Gasteiger partial charge in [-0.15, -0.1) is 11.3 Å². The summed E-state index contributed by atoms with van der Waals surface area (Å²) in [5.74, 6) is 0.668. The van der Waals surface area contributed by atoms with Crippen molar-refractivity contribution in [3.05, 3.63) is 89.0 Å². The highest BCUT2D eigenvalue weighted by Gasteiger charge is 2.14. The molecule has 0 aliphatic carbocycles. The van der Waals surface area contributed by atoms with Crippen molar-refractivity contribution in [1.82, 2.24) is 4.98 Å². The molecule has 0 spiro atoms. The number of hydrogen-bond acceptors (Lipinski definition) is 6. The molecule has 2 aromatic heterocycles. The van der Waals surface area contributed by atoms with Gasteiger partial charge in [0, 0.05) is 22.4 Å². The minimum atomic E-state index is -0.333. The zero-order valence-corrected chi connectivity index (χ0v) is 22.2. The smallest absolute Gasteiger partial charge is 0.230 e. The summed E-state index contributed by atoms with van der Waals surface area (Å²) in [7, 11) is 1.64. The molecule has 0 saturated heterocycles. The van der Waals surface area contributed by atoms with Crippen LogP contribution in [0.4, 0.5) is 10.1 Å². The summed E-state index contributed by atoms with van der Waals surface area (Å²) in [6.45, 7) is 2.18. The van der Waals surface area contributed by atoms with Crippen molar-refractivity contribution in [2.45, 2.75) is 39.0 Å². The number of hydrogen-bond donors (Lipinski definition) is 1. The first-order valence-corrected chi connectivity index (χ1v) is 13.6. The number of benzene rings is 3. The number of thiazole rings is 1. The van der Waals surface area contributed by atoms with E-state index >= 15 is 0 Å². The number of nitrogens with zero attached hydrogens (tertiary/aromatic N) is 2. The first-order valence-electron chi connectivity index (χ1n) is 12.7. The lowest BCUT2D eigenvalue weighted by Crippen LogP contribution is -2.05. The molecule has 5 aromatic rings. The lowest BCUT2D eigenvalue weighted by atomic mass is 10.0. The van der Waals surface area contributed by atoms with E-state index in [2.05, 4.69) is 11.9 Å². The van der Waals surface area contributed by atoms with Gasteiger partial charge in [0.2, 0.25) is 5.55 Å². The van der Waals surface area contributed by atoms with Gasteiger partial charge in [0.1, 0.15) is 27.9 Å². The number of rotatable bonds is 9. The van der Waals surface area contributed by atoms with Crippen molar-refractivity contribution in [1.29, 1.82) is 0 Å². The summed E-state index contributed by atoms with van der Waals surface area (Å²) >= 11 is 1.50. The van der Waals surface area contributed by atoms with Gasteiger partial charge in [0.05, 0.1) is 24.1 Å². The van der Waals surface area contributed by atoms with Gasteiger partial charge in [-0.25, -0.2) is 14.4 Å². The highest BCUT2D eigenvalue weighted by atomic mass is 32.1. The molecule has 0 fully saturated rings. The second-order valence-electron chi connectivity index (χ2n) is 9.15. The number of halogens is 1. The third-order valence-electron chi connectivity index (χ3n) is 6.43. The predicted octanol–water partition coefficient (Wildman–Crippen LogP) is 8.43. The van der Waals surface area contributed by atoms with E-state index < -0.39 is 0 Å². The minimum Gasteiger partial charge on any atom is -0.508 e. The first-order chi connectivity index (χ1) is 18.5.